The number of aromatic amines is 1. The van der Waals surface area contributed by atoms with Crippen molar-refractivity contribution < 1.29 is 9.47 Å². The Balaban J connectivity index is 1.54. The molecular weight excluding hydrogens is 206 g/mol. The molecule has 2 N–H and O–H groups in total. The van der Waals surface area contributed by atoms with Gasteiger partial charge in [0.2, 0.25) is 0 Å². The standard InChI is InChI=1S/C11H17N3O2/c1-4-11(16-7-1)5-2-10(15-8-11)13-9-3-6-12-14-9/h3,6,10H,1-2,4-5,7-8H2,(H2,12,13,14). The first-order chi connectivity index (χ1) is 7.86. The van der Waals surface area contributed by atoms with Crippen LogP contribution in [0, 0.1) is 0 Å². The van der Waals surface area contributed by atoms with Crippen molar-refractivity contribution in [3.05, 3.63) is 12.3 Å². The van der Waals surface area contributed by atoms with E-state index in [4.69, 9.17) is 9.47 Å². The molecule has 3 rings (SSSR count). The van der Waals surface area contributed by atoms with Crippen molar-refractivity contribution in [2.24, 2.45) is 0 Å². The molecule has 1 aromatic heterocycles. The van der Waals surface area contributed by atoms with Gasteiger partial charge < -0.3 is 14.8 Å². The first kappa shape index (κ1) is 10.1. The molecule has 1 aromatic rings. The van der Waals surface area contributed by atoms with Crippen LogP contribution in [-0.2, 0) is 9.47 Å². The summed E-state index contributed by atoms with van der Waals surface area (Å²) in [5.74, 6) is 0.910. The van der Waals surface area contributed by atoms with Gasteiger partial charge in [0.05, 0.1) is 18.4 Å². The van der Waals surface area contributed by atoms with Gasteiger partial charge in [0, 0.05) is 12.7 Å². The van der Waals surface area contributed by atoms with Gasteiger partial charge in [-0.15, -0.1) is 0 Å². The molecule has 88 valence electrons. The van der Waals surface area contributed by atoms with Gasteiger partial charge >= 0.3 is 0 Å². The van der Waals surface area contributed by atoms with Crippen molar-refractivity contribution in [3.63, 3.8) is 0 Å². The Morgan fingerprint density at radius 2 is 2.50 bits per heavy atom. The largest absolute Gasteiger partial charge is 0.373 e. The number of H-pyrrole nitrogens is 1. The maximum absolute atomic E-state index is 5.81. The first-order valence-corrected chi connectivity index (χ1v) is 5.88. The number of aromatic nitrogens is 2. The zero-order valence-electron chi connectivity index (χ0n) is 9.24. The van der Waals surface area contributed by atoms with E-state index in [2.05, 4.69) is 15.5 Å². The number of anilines is 1. The van der Waals surface area contributed by atoms with Crippen molar-refractivity contribution in [2.45, 2.75) is 37.5 Å². The monoisotopic (exact) mass is 223 g/mol. The van der Waals surface area contributed by atoms with Gasteiger partial charge in [0.25, 0.3) is 0 Å². The van der Waals surface area contributed by atoms with Crippen molar-refractivity contribution in [1.29, 1.82) is 0 Å². The summed E-state index contributed by atoms with van der Waals surface area (Å²) in [6.45, 7) is 1.60. The fourth-order valence-corrected chi connectivity index (χ4v) is 2.49. The minimum absolute atomic E-state index is 0.0200. The second-order valence-corrected chi connectivity index (χ2v) is 4.59. The van der Waals surface area contributed by atoms with Crippen molar-refractivity contribution in [2.75, 3.05) is 18.5 Å². The normalized spacial score (nSPS) is 34.4. The van der Waals surface area contributed by atoms with Gasteiger partial charge in [-0.1, -0.05) is 0 Å². The summed E-state index contributed by atoms with van der Waals surface area (Å²) in [6, 6.07) is 1.90. The smallest absolute Gasteiger partial charge is 0.129 e. The zero-order valence-corrected chi connectivity index (χ0v) is 9.24. The maximum atomic E-state index is 5.81. The van der Waals surface area contributed by atoms with E-state index in [1.165, 1.54) is 6.42 Å². The molecule has 16 heavy (non-hydrogen) atoms. The minimum Gasteiger partial charge on any atom is -0.373 e. The van der Waals surface area contributed by atoms with E-state index in [1.54, 1.807) is 6.20 Å². The van der Waals surface area contributed by atoms with Crippen LogP contribution in [0.2, 0.25) is 0 Å². The van der Waals surface area contributed by atoms with E-state index >= 15 is 0 Å². The summed E-state index contributed by atoms with van der Waals surface area (Å²) in [4.78, 5) is 0. The summed E-state index contributed by atoms with van der Waals surface area (Å²) in [6.07, 6.45) is 6.19. The van der Waals surface area contributed by atoms with Crippen LogP contribution in [0.5, 0.6) is 0 Å². The third-order valence-corrected chi connectivity index (χ3v) is 3.41. The molecule has 0 bridgehead atoms. The summed E-state index contributed by atoms with van der Waals surface area (Å²) >= 11 is 0. The Morgan fingerprint density at radius 1 is 1.50 bits per heavy atom. The molecule has 0 radical (unpaired) electrons. The molecular formula is C11H17N3O2. The summed E-state index contributed by atoms with van der Waals surface area (Å²) in [7, 11) is 0. The molecule has 2 aliphatic rings. The molecule has 2 fully saturated rings. The van der Waals surface area contributed by atoms with Crippen molar-refractivity contribution in [3.8, 4) is 0 Å². The lowest BCUT2D eigenvalue weighted by atomic mass is 9.92. The molecule has 0 aromatic carbocycles. The topological polar surface area (TPSA) is 59.2 Å². The molecule has 2 atom stereocenters. The van der Waals surface area contributed by atoms with Crippen LogP contribution in [0.3, 0.4) is 0 Å². The predicted molar refractivity (Wildman–Crippen MR) is 59.1 cm³/mol. The van der Waals surface area contributed by atoms with Gasteiger partial charge in [-0.05, 0) is 25.7 Å². The highest BCUT2D eigenvalue weighted by Gasteiger charge is 2.39. The van der Waals surface area contributed by atoms with Gasteiger partial charge in [-0.3, -0.25) is 5.10 Å². The van der Waals surface area contributed by atoms with Gasteiger partial charge in [-0.25, -0.2) is 0 Å². The Bertz CT molecular complexity index is 323. The summed E-state index contributed by atoms with van der Waals surface area (Å²) in [5, 5.41) is 10.0. The quantitative estimate of drug-likeness (QED) is 0.797. The number of rotatable bonds is 2. The maximum Gasteiger partial charge on any atom is 0.129 e. The van der Waals surface area contributed by atoms with Crippen LogP contribution >= 0.6 is 0 Å². The lowest BCUT2D eigenvalue weighted by molar-refractivity contribution is -0.120. The summed E-state index contributed by atoms with van der Waals surface area (Å²) < 4.78 is 11.6. The Morgan fingerprint density at radius 3 is 3.12 bits per heavy atom. The fourth-order valence-electron chi connectivity index (χ4n) is 2.49. The average molecular weight is 223 g/mol. The van der Waals surface area contributed by atoms with Crippen LogP contribution in [-0.4, -0.2) is 35.2 Å². The highest BCUT2D eigenvalue weighted by Crippen LogP contribution is 2.35. The van der Waals surface area contributed by atoms with Gasteiger partial charge in [0.15, 0.2) is 0 Å². The number of nitrogens with zero attached hydrogens (tertiary/aromatic N) is 1. The SMILES string of the molecule is c1cc(NC2CCC3(CCCO3)CO2)[nH]n1. The minimum atomic E-state index is 0.0200. The highest BCUT2D eigenvalue weighted by atomic mass is 16.6. The molecule has 1 spiro atoms. The van der Waals surface area contributed by atoms with E-state index in [9.17, 15) is 0 Å². The van der Waals surface area contributed by atoms with Gasteiger partial charge in [0.1, 0.15) is 12.0 Å². The van der Waals surface area contributed by atoms with E-state index in [1.807, 2.05) is 6.07 Å². The zero-order chi connectivity index (χ0) is 10.8. The Labute approximate surface area is 94.5 Å². The van der Waals surface area contributed by atoms with Crippen molar-refractivity contribution in [1.82, 2.24) is 10.2 Å². The lowest BCUT2D eigenvalue weighted by Gasteiger charge is -2.36. The van der Waals surface area contributed by atoms with Crippen LogP contribution < -0.4 is 5.32 Å². The number of nitrogens with one attached hydrogen (secondary N) is 2. The molecule has 2 aliphatic heterocycles. The average Bonchev–Trinajstić information content (AvgIpc) is 2.94. The molecule has 0 aliphatic carbocycles. The number of hydrogen-bond acceptors (Lipinski definition) is 4. The van der Waals surface area contributed by atoms with Crippen LogP contribution in [0.15, 0.2) is 12.3 Å². The second kappa shape index (κ2) is 4.07. The molecule has 5 nitrogen and oxygen atoms in total. The van der Waals surface area contributed by atoms with E-state index in [0.29, 0.717) is 6.61 Å². The number of hydrogen-bond donors (Lipinski definition) is 2. The molecule has 0 saturated carbocycles. The van der Waals surface area contributed by atoms with E-state index < -0.39 is 0 Å². The first-order valence-electron chi connectivity index (χ1n) is 5.88. The molecule has 2 saturated heterocycles. The third-order valence-electron chi connectivity index (χ3n) is 3.41. The molecule has 5 heteroatoms. The van der Waals surface area contributed by atoms with Crippen LogP contribution in [0.4, 0.5) is 5.82 Å². The third kappa shape index (κ3) is 1.92. The predicted octanol–water partition coefficient (Wildman–Crippen LogP) is 1.51. The van der Waals surface area contributed by atoms with Crippen LogP contribution in [0.1, 0.15) is 25.7 Å². The molecule has 3 heterocycles. The van der Waals surface area contributed by atoms with E-state index in [-0.39, 0.29) is 11.8 Å². The van der Waals surface area contributed by atoms with Crippen LogP contribution in [0.25, 0.3) is 0 Å². The van der Waals surface area contributed by atoms with E-state index in [0.717, 1.165) is 31.7 Å². The van der Waals surface area contributed by atoms with Gasteiger partial charge in [-0.2, -0.15) is 5.10 Å². The number of ether oxygens (including phenoxy) is 2. The second-order valence-electron chi connectivity index (χ2n) is 4.59. The lowest BCUT2D eigenvalue weighted by Crippen LogP contribution is -2.43. The Kier molecular flexibility index (Phi) is 2.57. The molecule has 0 amide bonds. The highest BCUT2D eigenvalue weighted by molar-refractivity contribution is 5.32. The fraction of sp³-hybridized carbons (Fsp3) is 0.727. The molecule has 2 unspecified atom stereocenters. The van der Waals surface area contributed by atoms with Crippen molar-refractivity contribution >= 4 is 5.82 Å². The summed E-state index contributed by atoms with van der Waals surface area (Å²) in [5.41, 5.74) is 0.0200. The Hall–Kier alpha value is -1.07.